The van der Waals surface area contributed by atoms with Gasteiger partial charge < -0.3 is 9.67 Å². The molecule has 0 amide bonds. The van der Waals surface area contributed by atoms with Crippen LogP contribution < -0.4 is 0 Å². The van der Waals surface area contributed by atoms with Gasteiger partial charge in [-0.1, -0.05) is 24.3 Å². The van der Waals surface area contributed by atoms with E-state index in [0.717, 1.165) is 17.9 Å². The molecule has 1 aromatic carbocycles. The molecule has 0 spiro atoms. The van der Waals surface area contributed by atoms with Crippen molar-refractivity contribution < 1.29 is 5.11 Å². The van der Waals surface area contributed by atoms with Gasteiger partial charge in [-0.15, -0.1) is 0 Å². The number of benzene rings is 1. The second-order valence-corrected chi connectivity index (χ2v) is 4.70. The summed E-state index contributed by atoms with van der Waals surface area (Å²) in [5, 5.41) is 9.02. The molecule has 0 atom stereocenters. The van der Waals surface area contributed by atoms with Gasteiger partial charge in [0, 0.05) is 25.6 Å². The quantitative estimate of drug-likeness (QED) is 0.895. The SMILES string of the molecule is Cc1ccccc1Cc1c(C)nc(CCO)n1C. The van der Waals surface area contributed by atoms with Crippen LogP contribution in [0.3, 0.4) is 0 Å². The molecule has 0 unspecified atom stereocenters. The van der Waals surface area contributed by atoms with Gasteiger partial charge in [0.05, 0.1) is 12.3 Å². The third kappa shape index (κ3) is 2.46. The Hall–Kier alpha value is -1.61. The molecule has 0 fully saturated rings. The smallest absolute Gasteiger partial charge is 0.111 e. The standard InChI is InChI=1S/C15H20N2O/c1-11-6-4-5-7-13(11)10-14-12(2)16-15(8-9-18)17(14)3/h4-7,18H,8-10H2,1-3H3. The van der Waals surface area contributed by atoms with Crippen molar-refractivity contribution in [2.75, 3.05) is 6.61 Å². The zero-order valence-electron chi connectivity index (χ0n) is 11.3. The van der Waals surface area contributed by atoms with Crippen LogP contribution in [0.25, 0.3) is 0 Å². The number of aliphatic hydroxyl groups is 1. The molecule has 0 saturated carbocycles. The van der Waals surface area contributed by atoms with Crippen molar-refractivity contribution in [3.8, 4) is 0 Å². The molecule has 0 aliphatic heterocycles. The fourth-order valence-electron chi connectivity index (χ4n) is 2.29. The van der Waals surface area contributed by atoms with Gasteiger partial charge in [0.15, 0.2) is 0 Å². The lowest BCUT2D eigenvalue weighted by atomic mass is 10.0. The maximum absolute atomic E-state index is 9.02. The highest BCUT2D eigenvalue weighted by Crippen LogP contribution is 2.17. The summed E-state index contributed by atoms with van der Waals surface area (Å²) in [6.07, 6.45) is 1.51. The second kappa shape index (κ2) is 5.36. The molecular formula is C15H20N2O. The first-order valence-electron chi connectivity index (χ1n) is 6.30. The van der Waals surface area contributed by atoms with Gasteiger partial charge in [-0.05, 0) is 25.0 Å². The Balaban J connectivity index is 2.32. The fraction of sp³-hybridized carbons (Fsp3) is 0.400. The van der Waals surface area contributed by atoms with Gasteiger partial charge in [-0.25, -0.2) is 4.98 Å². The molecule has 0 saturated heterocycles. The van der Waals surface area contributed by atoms with E-state index in [4.69, 9.17) is 5.11 Å². The van der Waals surface area contributed by atoms with E-state index in [0.29, 0.717) is 6.42 Å². The topological polar surface area (TPSA) is 38.1 Å². The van der Waals surface area contributed by atoms with Crippen LogP contribution in [-0.2, 0) is 19.9 Å². The summed E-state index contributed by atoms with van der Waals surface area (Å²) in [5.74, 6) is 0.957. The third-order valence-corrected chi connectivity index (χ3v) is 3.46. The normalized spacial score (nSPS) is 10.9. The zero-order valence-corrected chi connectivity index (χ0v) is 11.3. The van der Waals surface area contributed by atoms with Gasteiger partial charge in [-0.3, -0.25) is 0 Å². The highest BCUT2D eigenvalue weighted by Gasteiger charge is 2.12. The van der Waals surface area contributed by atoms with E-state index >= 15 is 0 Å². The highest BCUT2D eigenvalue weighted by atomic mass is 16.3. The minimum absolute atomic E-state index is 0.147. The molecule has 1 aromatic heterocycles. The predicted molar refractivity (Wildman–Crippen MR) is 72.7 cm³/mol. The number of aromatic nitrogens is 2. The molecule has 3 heteroatoms. The molecule has 0 aliphatic rings. The van der Waals surface area contributed by atoms with Gasteiger partial charge in [0.1, 0.15) is 5.82 Å². The Kier molecular flexibility index (Phi) is 3.82. The summed E-state index contributed by atoms with van der Waals surface area (Å²) in [4.78, 5) is 4.53. The molecule has 96 valence electrons. The summed E-state index contributed by atoms with van der Waals surface area (Å²) in [7, 11) is 2.03. The van der Waals surface area contributed by atoms with Crippen molar-refractivity contribution in [2.24, 2.45) is 7.05 Å². The Labute approximate surface area is 108 Å². The number of hydrogen-bond acceptors (Lipinski definition) is 2. The van der Waals surface area contributed by atoms with Gasteiger partial charge in [0.25, 0.3) is 0 Å². The number of imidazole rings is 1. The molecule has 2 rings (SSSR count). The third-order valence-electron chi connectivity index (χ3n) is 3.46. The Morgan fingerprint density at radius 1 is 1.22 bits per heavy atom. The van der Waals surface area contributed by atoms with Crippen LogP contribution in [0.5, 0.6) is 0 Å². The molecule has 18 heavy (non-hydrogen) atoms. The molecule has 2 aromatic rings. The van der Waals surface area contributed by atoms with E-state index in [1.807, 2.05) is 14.0 Å². The highest BCUT2D eigenvalue weighted by molar-refractivity contribution is 5.31. The zero-order chi connectivity index (χ0) is 13.1. The summed E-state index contributed by atoms with van der Waals surface area (Å²) in [6.45, 7) is 4.32. The maximum Gasteiger partial charge on any atom is 0.111 e. The average Bonchev–Trinajstić information content (AvgIpc) is 2.60. The molecule has 0 radical (unpaired) electrons. The Bertz CT molecular complexity index is 543. The van der Waals surface area contributed by atoms with Gasteiger partial charge in [0.2, 0.25) is 0 Å². The molecule has 0 bridgehead atoms. The number of rotatable bonds is 4. The lowest BCUT2D eigenvalue weighted by molar-refractivity contribution is 0.295. The minimum Gasteiger partial charge on any atom is -0.396 e. The number of aliphatic hydroxyl groups excluding tert-OH is 1. The summed E-state index contributed by atoms with van der Waals surface area (Å²) in [5.41, 5.74) is 4.93. The monoisotopic (exact) mass is 244 g/mol. The van der Waals surface area contributed by atoms with E-state index in [1.54, 1.807) is 0 Å². The summed E-state index contributed by atoms with van der Waals surface area (Å²) in [6, 6.07) is 8.43. The van der Waals surface area contributed by atoms with Crippen LogP contribution in [0.4, 0.5) is 0 Å². The van der Waals surface area contributed by atoms with Crippen molar-refractivity contribution in [2.45, 2.75) is 26.7 Å². The lowest BCUT2D eigenvalue weighted by Crippen LogP contribution is -2.05. The van der Waals surface area contributed by atoms with Gasteiger partial charge >= 0.3 is 0 Å². The van der Waals surface area contributed by atoms with E-state index in [2.05, 4.69) is 40.7 Å². The maximum atomic E-state index is 9.02. The van der Waals surface area contributed by atoms with Crippen LogP contribution in [0.15, 0.2) is 24.3 Å². The van der Waals surface area contributed by atoms with Crippen molar-refractivity contribution >= 4 is 0 Å². The molecule has 1 N–H and O–H groups in total. The van der Waals surface area contributed by atoms with Crippen LogP contribution in [0, 0.1) is 13.8 Å². The molecule has 1 heterocycles. The first-order valence-corrected chi connectivity index (χ1v) is 6.30. The van der Waals surface area contributed by atoms with Crippen LogP contribution in [0.1, 0.15) is 28.3 Å². The number of hydrogen-bond donors (Lipinski definition) is 1. The van der Waals surface area contributed by atoms with E-state index in [9.17, 15) is 0 Å². The predicted octanol–water partition coefficient (Wildman–Crippen LogP) is 2.16. The summed E-state index contributed by atoms with van der Waals surface area (Å²) >= 11 is 0. The van der Waals surface area contributed by atoms with Crippen molar-refractivity contribution in [1.29, 1.82) is 0 Å². The lowest BCUT2D eigenvalue weighted by Gasteiger charge is -2.08. The van der Waals surface area contributed by atoms with Crippen molar-refractivity contribution in [3.05, 3.63) is 52.6 Å². The number of aryl methyl sites for hydroxylation is 2. The van der Waals surface area contributed by atoms with Crippen LogP contribution in [0.2, 0.25) is 0 Å². The molecule has 0 aliphatic carbocycles. The van der Waals surface area contributed by atoms with E-state index in [-0.39, 0.29) is 6.61 Å². The van der Waals surface area contributed by atoms with Crippen molar-refractivity contribution in [3.63, 3.8) is 0 Å². The van der Waals surface area contributed by atoms with E-state index in [1.165, 1.54) is 16.8 Å². The average molecular weight is 244 g/mol. The fourth-order valence-corrected chi connectivity index (χ4v) is 2.29. The molecular weight excluding hydrogens is 224 g/mol. The summed E-state index contributed by atoms with van der Waals surface area (Å²) < 4.78 is 2.11. The van der Waals surface area contributed by atoms with Crippen LogP contribution >= 0.6 is 0 Å². The first-order chi connectivity index (χ1) is 8.63. The van der Waals surface area contributed by atoms with Crippen molar-refractivity contribution in [1.82, 2.24) is 9.55 Å². The molecule has 3 nitrogen and oxygen atoms in total. The first kappa shape index (κ1) is 12.8. The minimum atomic E-state index is 0.147. The number of nitrogens with zero attached hydrogens (tertiary/aromatic N) is 2. The largest absolute Gasteiger partial charge is 0.396 e. The van der Waals surface area contributed by atoms with E-state index < -0.39 is 0 Å². The van der Waals surface area contributed by atoms with Crippen LogP contribution in [-0.4, -0.2) is 21.3 Å². The Morgan fingerprint density at radius 2 is 1.94 bits per heavy atom. The second-order valence-electron chi connectivity index (χ2n) is 4.70. The van der Waals surface area contributed by atoms with Gasteiger partial charge in [-0.2, -0.15) is 0 Å². The Morgan fingerprint density at radius 3 is 2.61 bits per heavy atom.